The standard InChI is InChI=1S/C12H20N2OS/c1-2-12-13-11(9-16-12)8-14(5-6-15)7-10-3-4-10/h9-10,15H,2-8H2,1H3. The van der Waals surface area contributed by atoms with Crippen LogP contribution in [0.5, 0.6) is 0 Å². The van der Waals surface area contributed by atoms with Gasteiger partial charge in [-0.05, 0) is 25.2 Å². The van der Waals surface area contributed by atoms with Crippen LogP contribution in [0.1, 0.15) is 30.5 Å². The van der Waals surface area contributed by atoms with Gasteiger partial charge in [0.05, 0.1) is 17.3 Å². The Labute approximate surface area is 101 Å². The number of aliphatic hydroxyl groups excluding tert-OH is 1. The third-order valence-corrected chi connectivity index (χ3v) is 3.96. The second-order valence-corrected chi connectivity index (χ2v) is 5.43. The maximum absolute atomic E-state index is 9.04. The second-order valence-electron chi connectivity index (χ2n) is 4.49. The highest BCUT2D eigenvalue weighted by Gasteiger charge is 2.24. The van der Waals surface area contributed by atoms with E-state index in [1.807, 2.05) is 0 Å². The molecule has 0 unspecified atom stereocenters. The summed E-state index contributed by atoms with van der Waals surface area (Å²) in [5.41, 5.74) is 1.16. The van der Waals surface area contributed by atoms with Gasteiger partial charge in [0.15, 0.2) is 0 Å². The van der Waals surface area contributed by atoms with E-state index in [0.29, 0.717) is 0 Å². The predicted octanol–water partition coefficient (Wildman–Crippen LogP) is 1.91. The normalized spacial score (nSPS) is 15.9. The number of rotatable bonds is 7. The Morgan fingerprint density at radius 2 is 2.38 bits per heavy atom. The number of aliphatic hydroxyl groups is 1. The van der Waals surface area contributed by atoms with Gasteiger partial charge in [-0.25, -0.2) is 4.98 Å². The van der Waals surface area contributed by atoms with Crippen LogP contribution in [-0.2, 0) is 13.0 Å². The Morgan fingerprint density at radius 3 is 2.94 bits per heavy atom. The Kier molecular flexibility index (Phi) is 4.32. The van der Waals surface area contributed by atoms with Crippen molar-refractivity contribution in [2.75, 3.05) is 19.7 Å². The average molecular weight is 240 g/mol. The molecule has 1 aliphatic rings. The van der Waals surface area contributed by atoms with Gasteiger partial charge < -0.3 is 5.11 Å². The molecule has 0 amide bonds. The molecule has 1 aromatic rings. The summed E-state index contributed by atoms with van der Waals surface area (Å²) >= 11 is 1.74. The summed E-state index contributed by atoms with van der Waals surface area (Å²) in [5.74, 6) is 0.871. The van der Waals surface area contributed by atoms with Gasteiger partial charge in [-0.2, -0.15) is 0 Å². The predicted molar refractivity (Wildman–Crippen MR) is 66.6 cm³/mol. The highest BCUT2D eigenvalue weighted by atomic mass is 32.1. The van der Waals surface area contributed by atoms with Crippen LogP contribution < -0.4 is 0 Å². The van der Waals surface area contributed by atoms with Crippen LogP contribution in [0.4, 0.5) is 0 Å². The van der Waals surface area contributed by atoms with E-state index in [0.717, 1.165) is 37.7 Å². The smallest absolute Gasteiger partial charge is 0.0926 e. The van der Waals surface area contributed by atoms with Gasteiger partial charge in [0.25, 0.3) is 0 Å². The fourth-order valence-corrected chi connectivity index (χ4v) is 2.59. The summed E-state index contributed by atoms with van der Waals surface area (Å²) in [6.07, 6.45) is 3.74. The van der Waals surface area contributed by atoms with Crippen LogP contribution in [0, 0.1) is 5.92 Å². The third kappa shape index (κ3) is 3.54. The Balaban J connectivity index is 1.87. The zero-order valence-electron chi connectivity index (χ0n) is 9.85. The highest BCUT2D eigenvalue weighted by Crippen LogP contribution is 2.30. The van der Waals surface area contributed by atoms with Crippen LogP contribution in [-0.4, -0.2) is 34.7 Å². The largest absolute Gasteiger partial charge is 0.395 e. The van der Waals surface area contributed by atoms with Gasteiger partial charge in [-0.15, -0.1) is 11.3 Å². The van der Waals surface area contributed by atoms with E-state index in [9.17, 15) is 0 Å². The Hall–Kier alpha value is -0.450. The van der Waals surface area contributed by atoms with E-state index in [1.54, 1.807) is 11.3 Å². The van der Waals surface area contributed by atoms with Gasteiger partial charge in [-0.3, -0.25) is 4.90 Å². The Bertz CT molecular complexity index is 323. The number of aromatic nitrogens is 1. The molecule has 1 aromatic heterocycles. The van der Waals surface area contributed by atoms with Crippen LogP contribution in [0.2, 0.25) is 0 Å². The number of hydrogen-bond acceptors (Lipinski definition) is 4. The van der Waals surface area contributed by atoms with E-state index >= 15 is 0 Å². The van der Waals surface area contributed by atoms with Crippen molar-refractivity contribution < 1.29 is 5.11 Å². The minimum absolute atomic E-state index is 0.248. The molecule has 1 N–H and O–H groups in total. The van der Waals surface area contributed by atoms with Gasteiger partial charge in [0.1, 0.15) is 0 Å². The van der Waals surface area contributed by atoms with Gasteiger partial charge in [-0.1, -0.05) is 6.92 Å². The first kappa shape index (κ1) is 12.0. The molecule has 1 fully saturated rings. The van der Waals surface area contributed by atoms with E-state index in [-0.39, 0.29) is 6.61 Å². The lowest BCUT2D eigenvalue weighted by Crippen LogP contribution is -2.28. The van der Waals surface area contributed by atoms with Crippen molar-refractivity contribution >= 4 is 11.3 Å². The minimum Gasteiger partial charge on any atom is -0.395 e. The van der Waals surface area contributed by atoms with Crippen LogP contribution in [0.25, 0.3) is 0 Å². The first-order valence-electron chi connectivity index (χ1n) is 6.08. The molecular weight excluding hydrogens is 220 g/mol. The van der Waals surface area contributed by atoms with E-state index in [1.165, 1.54) is 17.8 Å². The van der Waals surface area contributed by atoms with Crippen LogP contribution in [0.3, 0.4) is 0 Å². The van der Waals surface area contributed by atoms with E-state index < -0.39 is 0 Å². The summed E-state index contributed by atoms with van der Waals surface area (Å²) < 4.78 is 0. The molecule has 0 aliphatic heterocycles. The molecular formula is C12H20N2OS. The summed E-state index contributed by atoms with van der Waals surface area (Å²) in [7, 11) is 0. The van der Waals surface area contributed by atoms with Crippen molar-refractivity contribution in [3.05, 3.63) is 16.1 Å². The van der Waals surface area contributed by atoms with E-state index in [2.05, 4.69) is 22.2 Å². The first-order chi connectivity index (χ1) is 7.81. The SMILES string of the molecule is CCc1nc(CN(CCO)CC2CC2)cs1. The molecule has 90 valence electrons. The van der Waals surface area contributed by atoms with Crippen LogP contribution in [0.15, 0.2) is 5.38 Å². The zero-order valence-corrected chi connectivity index (χ0v) is 10.7. The molecule has 0 spiro atoms. The lowest BCUT2D eigenvalue weighted by Gasteiger charge is -2.19. The lowest BCUT2D eigenvalue weighted by molar-refractivity contribution is 0.183. The van der Waals surface area contributed by atoms with Crippen molar-refractivity contribution in [2.45, 2.75) is 32.7 Å². The van der Waals surface area contributed by atoms with Crippen molar-refractivity contribution in [1.82, 2.24) is 9.88 Å². The maximum atomic E-state index is 9.04. The fourth-order valence-electron chi connectivity index (χ4n) is 1.85. The summed E-state index contributed by atoms with van der Waals surface area (Å²) in [6, 6.07) is 0. The van der Waals surface area contributed by atoms with Crippen LogP contribution >= 0.6 is 11.3 Å². The van der Waals surface area contributed by atoms with Crippen molar-refractivity contribution in [3.63, 3.8) is 0 Å². The molecule has 1 saturated carbocycles. The molecule has 1 aliphatic carbocycles. The zero-order chi connectivity index (χ0) is 11.4. The van der Waals surface area contributed by atoms with E-state index in [4.69, 9.17) is 5.11 Å². The van der Waals surface area contributed by atoms with Crippen molar-refractivity contribution in [3.8, 4) is 0 Å². The molecule has 0 aromatic carbocycles. The molecule has 0 bridgehead atoms. The number of thiazole rings is 1. The average Bonchev–Trinajstić information content (AvgIpc) is 2.96. The molecule has 0 atom stereocenters. The molecule has 0 radical (unpaired) electrons. The fraction of sp³-hybridized carbons (Fsp3) is 0.750. The third-order valence-electron chi connectivity index (χ3n) is 2.92. The summed E-state index contributed by atoms with van der Waals surface area (Å²) in [5, 5.41) is 12.4. The molecule has 16 heavy (non-hydrogen) atoms. The molecule has 0 saturated heterocycles. The lowest BCUT2D eigenvalue weighted by atomic mass is 10.3. The molecule has 4 heteroatoms. The second kappa shape index (κ2) is 5.75. The van der Waals surface area contributed by atoms with Crippen molar-refractivity contribution in [1.29, 1.82) is 0 Å². The molecule has 3 nitrogen and oxygen atoms in total. The first-order valence-corrected chi connectivity index (χ1v) is 6.96. The molecule has 1 heterocycles. The monoisotopic (exact) mass is 240 g/mol. The number of hydrogen-bond donors (Lipinski definition) is 1. The summed E-state index contributed by atoms with van der Waals surface area (Å²) in [4.78, 5) is 6.90. The van der Waals surface area contributed by atoms with Crippen molar-refractivity contribution in [2.24, 2.45) is 5.92 Å². The quantitative estimate of drug-likeness (QED) is 0.791. The van der Waals surface area contributed by atoms with Gasteiger partial charge in [0.2, 0.25) is 0 Å². The topological polar surface area (TPSA) is 36.4 Å². The Morgan fingerprint density at radius 1 is 1.56 bits per heavy atom. The number of nitrogens with zero attached hydrogens (tertiary/aromatic N) is 2. The van der Waals surface area contributed by atoms with Gasteiger partial charge in [0, 0.05) is 25.0 Å². The van der Waals surface area contributed by atoms with Gasteiger partial charge >= 0.3 is 0 Å². The highest BCUT2D eigenvalue weighted by molar-refractivity contribution is 7.09. The summed E-state index contributed by atoms with van der Waals surface area (Å²) in [6.45, 7) is 5.18. The molecule has 2 rings (SSSR count). The minimum atomic E-state index is 0.248. The number of aryl methyl sites for hydroxylation is 1. The maximum Gasteiger partial charge on any atom is 0.0926 e.